The predicted octanol–water partition coefficient (Wildman–Crippen LogP) is 3.05. The van der Waals surface area contributed by atoms with Gasteiger partial charge >= 0.3 is 5.97 Å². The monoisotopic (exact) mass is 384 g/mol. The Kier molecular flexibility index (Phi) is 6.02. The third-order valence-corrected chi connectivity index (χ3v) is 3.91. The fourth-order valence-corrected chi connectivity index (χ4v) is 2.68. The van der Waals surface area contributed by atoms with Crippen LogP contribution in [0.15, 0.2) is 22.2 Å². The maximum Gasteiger partial charge on any atom is 0.345 e. The number of esters is 1. The van der Waals surface area contributed by atoms with E-state index in [1.807, 2.05) is 0 Å². The number of ether oxygens (including phenoxy) is 1. The first-order chi connectivity index (χ1) is 11.8. The molecule has 2 heterocycles. The Morgan fingerprint density at radius 2 is 2.20 bits per heavy atom. The Bertz CT molecular complexity index is 891. The van der Waals surface area contributed by atoms with E-state index in [1.54, 1.807) is 32.8 Å². The Balaban J connectivity index is 2.83. The molecule has 7 nitrogen and oxygen atoms in total. The number of rotatable bonds is 5. The topological polar surface area (TPSA) is 76.3 Å². The number of fused-ring (bicyclic) bond motifs is 1. The molecule has 25 heavy (non-hydrogen) atoms. The molecule has 0 aliphatic heterocycles. The molecule has 0 saturated carbocycles. The van der Waals surface area contributed by atoms with Crippen molar-refractivity contribution in [3.63, 3.8) is 0 Å². The number of pyridine rings is 1. The average molecular weight is 385 g/mol. The summed E-state index contributed by atoms with van der Waals surface area (Å²) < 4.78 is 6.10. The molecule has 1 atom stereocenters. The van der Waals surface area contributed by atoms with Crippen LogP contribution in [0.5, 0.6) is 0 Å². The lowest BCUT2D eigenvalue weighted by Gasteiger charge is -2.13. The summed E-state index contributed by atoms with van der Waals surface area (Å²) in [7, 11) is 3.60. The molecule has 0 aromatic carbocycles. The van der Waals surface area contributed by atoms with E-state index in [2.05, 4.69) is 9.98 Å². The Morgan fingerprint density at radius 3 is 2.76 bits per heavy atom. The highest BCUT2D eigenvalue weighted by atomic mass is 35.5. The molecular formula is C16H18Cl2N4O3. The van der Waals surface area contributed by atoms with Crippen LogP contribution in [0, 0.1) is 0 Å². The van der Waals surface area contributed by atoms with E-state index in [-0.39, 0.29) is 17.8 Å². The molecule has 0 N–H and O–H groups in total. The van der Waals surface area contributed by atoms with Gasteiger partial charge in [-0.05, 0) is 13.8 Å². The number of carbonyl (C=O) groups excluding carboxylic acids is 1. The fraction of sp³-hybridized carbons (Fsp3) is 0.375. The van der Waals surface area contributed by atoms with Gasteiger partial charge in [0.1, 0.15) is 11.3 Å². The molecule has 0 aliphatic carbocycles. The first-order valence-electron chi connectivity index (χ1n) is 7.53. The second kappa shape index (κ2) is 7.84. The van der Waals surface area contributed by atoms with Crippen LogP contribution in [-0.4, -0.2) is 47.3 Å². The van der Waals surface area contributed by atoms with Crippen molar-refractivity contribution in [2.45, 2.75) is 19.2 Å². The van der Waals surface area contributed by atoms with Gasteiger partial charge in [0.25, 0.3) is 5.56 Å². The molecule has 0 aliphatic rings. The minimum Gasteiger partial charge on any atom is -0.462 e. The van der Waals surface area contributed by atoms with Crippen molar-refractivity contribution in [3.8, 4) is 0 Å². The number of hydrogen-bond acceptors (Lipinski definition) is 5. The van der Waals surface area contributed by atoms with Crippen molar-refractivity contribution >= 4 is 46.8 Å². The third-order valence-electron chi connectivity index (χ3n) is 3.28. The van der Waals surface area contributed by atoms with Crippen LogP contribution in [0.1, 0.15) is 35.1 Å². The van der Waals surface area contributed by atoms with Crippen molar-refractivity contribution < 1.29 is 9.53 Å². The van der Waals surface area contributed by atoms with E-state index in [0.717, 1.165) is 0 Å². The van der Waals surface area contributed by atoms with Gasteiger partial charge in [0.05, 0.1) is 23.3 Å². The minimum absolute atomic E-state index is 0.157. The molecule has 0 bridgehead atoms. The molecule has 0 radical (unpaired) electrons. The summed E-state index contributed by atoms with van der Waals surface area (Å²) in [5.74, 6) is -0.733. The average Bonchev–Trinajstić information content (AvgIpc) is 2.53. The van der Waals surface area contributed by atoms with Gasteiger partial charge in [-0.25, -0.2) is 14.8 Å². The lowest BCUT2D eigenvalue weighted by molar-refractivity contribution is 0.0523. The Morgan fingerprint density at radius 1 is 1.52 bits per heavy atom. The number of aromatic nitrogens is 2. The highest BCUT2D eigenvalue weighted by Crippen LogP contribution is 2.36. The third kappa shape index (κ3) is 3.93. The van der Waals surface area contributed by atoms with Gasteiger partial charge in [-0.1, -0.05) is 11.6 Å². The van der Waals surface area contributed by atoms with Crippen molar-refractivity contribution in [1.82, 2.24) is 14.3 Å². The number of aliphatic imine (C=N–C) groups is 1. The van der Waals surface area contributed by atoms with Crippen LogP contribution in [0.2, 0.25) is 5.02 Å². The van der Waals surface area contributed by atoms with E-state index in [0.29, 0.717) is 16.3 Å². The normalized spacial score (nSPS) is 12.6. The van der Waals surface area contributed by atoms with E-state index in [9.17, 15) is 9.59 Å². The summed E-state index contributed by atoms with van der Waals surface area (Å²) in [5, 5.41) is -0.167. The van der Waals surface area contributed by atoms with Crippen molar-refractivity contribution in [3.05, 3.63) is 38.9 Å². The first kappa shape index (κ1) is 19.2. The summed E-state index contributed by atoms with van der Waals surface area (Å²) in [5.41, 5.74) is 0.291. The zero-order valence-electron chi connectivity index (χ0n) is 14.3. The van der Waals surface area contributed by atoms with Crippen LogP contribution in [0.25, 0.3) is 5.65 Å². The minimum atomic E-state index is -0.733. The lowest BCUT2D eigenvalue weighted by Crippen LogP contribution is -2.24. The zero-order valence-corrected chi connectivity index (χ0v) is 15.8. The molecule has 0 spiro atoms. The molecule has 0 fully saturated rings. The molecule has 2 aromatic heterocycles. The molecule has 134 valence electrons. The maximum atomic E-state index is 12.7. The van der Waals surface area contributed by atoms with Gasteiger partial charge < -0.3 is 9.64 Å². The summed E-state index contributed by atoms with van der Waals surface area (Å²) >= 11 is 12.6. The van der Waals surface area contributed by atoms with Crippen LogP contribution >= 0.6 is 23.2 Å². The molecule has 0 amide bonds. The molecule has 2 aromatic rings. The van der Waals surface area contributed by atoms with Gasteiger partial charge in [0.15, 0.2) is 5.65 Å². The van der Waals surface area contributed by atoms with E-state index >= 15 is 0 Å². The maximum absolute atomic E-state index is 12.7. The van der Waals surface area contributed by atoms with Gasteiger partial charge in [0, 0.05) is 32.1 Å². The second-order valence-corrected chi connectivity index (χ2v) is 6.49. The number of carbonyl (C=O) groups is 1. The summed E-state index contributed by atoms with van der Waals surface area (Å²) in [6.45, 7) is 3.54. The Labute approximate surface area is 154 Å². The van der Waals surface area contributed by atoms with Crippen LogP contribution in [0.3, 0.4) is 0 Å². The molecule has 1 unspecified atom stereocenters. The zero-order chi connectivity index (χ0) is 18.7. The molecule has 2 rings (SSSR count). The van der Waals surface area contributed by atoms with Gasteiger partial charge in [-0.15, -0.1) is 11.6 Å². The lowest BCUT2D eigenvalue weighted by atomic mass is 10.2. The van der Waals surface area contributed by atoms with Crippen LogP contribution in [-0.2, 0) is 4.74 Å². The van der Waals surface area contributed by atoms with Crippen LogP contribution < -0.4 is 5.56 Å². The number of halogens is 2. The summed E-state index contributed by atoms with van der Waals surface area (Å²) in [6, 6.07) is 0. The molecular weight excluding hydrogens is 367 g/mol. The van der Waals surface area contributed by atoms with Gasteiger partial charge in [-0.3, -0.25) is 9.20 Å². The Hall–Kier alpha value is -2.12. The van der Waals surface area contributed by atoms with Crippen molar-refractivity contribution in [1.29, 1.82) is 0 Å². The van der Waals surface area contributed by atoms with Crippen molar-refractivity contribution in [2.75, 3.05) is 20.7 Å². The smallest absolute Gasteiger partial charge is 0.345 e. The number of hydrogen-bond donors (Lipinski definition) is 0. The van der Waals surface area contributed by atoms with E-state index in [4.69, 9.17) is 27.9 Å². The first-order valence-corrected chi connectivity index (χ1v) is 8.34. The highest BCUT2D eigenvalue weighted by Gasteiger charge is 2.20. The predicted molar refractivity (Wildman–Crippen MR) is 98.5 cm³/mol. The highest BCUT2D eigenvalue weighted by molar-refractivity contribution is 6.35. The van der Waals surface area contributed by atoms with Gasteiger partial charge in [0.2, 0.25) is 0 Å². The van der Waals surface area contributed by atoms with Crippen molar-refractivity contribution in [2.24, 2.45) is 4.99 Å². The summed E-state index contributed by atoms with van der Waals surface area (Å²) in [6.07, 6.45) is 4.18. The van der Waals surface area contributed by atoms with Crippen LogP contribution in [0.4, 0.5) is 5.69 Å². The summed E-state index contributed by atoms with van der Waals surface area (Å²) in [4.78, 5) is 34.8. The molecule has 0 saturated heterocycles. The SMILES string of the molecule is CCOC(=O)c1cnc2c(N=CN(C)C)c(Cl)c(C(C)Cl)cn2c1=O. The van der Waals surface area contributed by atoms with E-state index < -0.39 is 16.9 Å². The van der Waals surface area contributed by atoms with E-state index in [1.165, 1.54) is 23.1 Å². The largest absolute Gasteiger partial charge is 0.462 e. The quantitative estimate of drug-likeness (QED) is 0.342. The number of alkyl halides is 1. The standard InChI is InChI=1S/C16H18Cl2N4O3/c1-5-25-16(24)10-6-19-14-13(20-8-21(3)4)12(18)11(9(2)17)7-22(14)15(10)23/h6-9H,5H2,1-4H3. The number of nitrogens with zero attached hydrogens (tertiary/aromatic N) is 4. The van der Waals surface area contributed by atoms with Gasteiger partial charge in [-0.2, -0.15) is 0 Å². The fourth-order valence-electron chi connectivity index (χ4n) is 2.11. The second-order valence-electron chi connectivity index (χ2n) is 5.46. The molecule has 9 heteroatoms.